The molecule has 12 heavy (non-hydrogen) atoms. The lowest BCUT2D eigenvalue weighted by molar-refractivity contribution is 0.218. The zero-order valence-electron chi connectivity index (χ0n) is 8.21. The first-order chi connectivity index (χ1) is 5.72. The molecular weight excluding hydrogens is 150 g/mol. The van der Waals surface area contributed by atoms with Crippen LogP contribution in [-0.4, -0.2) is 23.8 Å². The highest BCUT2D eigenvalue weighted by molar-refractivity contribution is 4.76. The molecule has 0 amide bonds. The molecule has 1 aliphatic rings. The summed E-state index contributed by atoms with van der Waals surface area (Å²) in [4.78, 5) is 0. The number of hydrogen-bond donors (Lipinski definition) is 2. The van der Waals surface area contributed by atoms with Crippen molar-refractivity contribution in [2.75, 3.05) is 6.61 Å². The van der Waals surface area contributed by atoms with E-state index in [0.717, 1.165) is 5.92 Å². The van der Waals surface area contributed by atoms with Gasteiger partial charge in [-0.25, -0.2) is 0 Å². The summed E-state index contributed by atoms with van der Waals surface area (Å²) in [5.74, 6) is 0.957. The van der Waals surface area contributed by atoms with Gasteiger partial charge in [0.25, 0.3) is 0 Å². The number of aliphatic hydroxyl groups is 1. The van der Waals surface area contributed by atoms with Gasteiger partial charge in [-0.1, -0.05) is 19.3 Å². The first-order valence-corrected chi connectivity index (χ1v) is 5.09. The summed E-state index contributed by atoms with van der Waals surface area (Å²) in [6.45, 7) is 4.48. The lowest BCUT2D eigenvalue weighted by Gasteiger charge is -2.29. The van der Waals surface area contributed by atoms with E-state index in [-0.39, 0.29) is 12.6 Å². The van der Waals surface area contributed by atoms with Crippen molar-refractivity contribution in [3.05, 3.63) is 0 Å². The van der Waals surface area contributed by atoms with Crippen LogP contribution in [0.4, 0.5) is 0 Å². The summed E-state index contributed by atoms with van der Waals surface area (Å²) in [6.07, 6.45) is 5.54. The molecule has 0 heterocycles. The molecule has 0 saturated heterocycles. The Hall–Kier alpha value is -0.0800. The van der Waals surface area contributed by atoms with Crippen molar-refractivity contribution >= 4 is 0 Å². The Balaban J connectivity index is 2.05. The van der Waals surface area contributed by atoms with Crippen LogP contribution in [0.25, 0.3) is 0 Å². The maximum Gasteiger partial charge on any atom is 0.0582 e. The van der Waals surface area contributed by atoms with E-state index in [1.807, 2.05) is 6.92 Å². The molecule has 1 saturated carbocycles. The fraction of sp³-hybridized carbons (Fsp3) is 1.00. The van der Waals surface area contributed by atoms with Gasteiger partial charge in [0.15, 0.2) is 0 Å². The molecule has 0 radical (unpaired) electrons. The standard InChI is InChI=1S/C10H21NO/c1-8(11-9(2)7-12)6-10-4-3-5-10/h8-12H,3-7H2,1-2H3/t8?,9-/m0/s1. The van der Waals surface area contributed by atoms with Gasteiger partial charge in [0, 0.05) is 12.1 Å². The Bertz CT molecular complexity index is 116. The van der Waals surface area contributed by atoms with Gasteiger partial charge in [0.1, 0.15) is 0 Å². The number of nitrogens with one attached hydrogen (secondary N) is 1. The Morgan fingerprint density at radius 3 is 2.42 bits per heavy atom. The monoisotopic (exact) mass is 171 g/mol. The van der Waals surface area contributed by atoms with Gasteiger partial charge >= 0.3 is 0 Å². The Kier molecular flexibility index (Phi) is 4.02. The van der Waals surface area contributed by atoms with Crippen molar-refractivity contribution in [1.29, 1.82) is 0 Å². The Labute approximate surface area is 75.4 Å². The van der Waals surface area contributed by atoms with Crippen molar-refractivity contribution in [3.8, 4) is 0 Å². The smallest absolute Gasteiger partial charge is 0.0582 e. The molecule has 1 unspecified atom stereocenters. The van der Waals surface area contributed by atoms with Crippen LogP contribution < -0.4 is 5.32 Å². The molecule has 0 aromatic carbocycles. The van der Waals surface area contributed by atoms with Gasteiger partial charge < -0.3 is 10.4 Å². The van der Waals surface area contributed by atoms with Crippen molar-refractivity contribution in [3.63, 3.8) is 0 Å². The van der Waals surface area contributed by atoms with Crippen molar-refractivity contribution in [2.45, 2.75) is 51.6 Å². The highest BCUT2D eigenvalue weighted by atomic mass is 16.3. The van der Waals surface area contributed by atoms with Crippen molar-refractivity contribution in [1.82, 2.24) is 5.32 Å². The Morgan fingerprint density at radius 1 is 1.33 bits per heavy atom. The average Bonchev–Trinajstić information content (AvgIpc) is 1.97. The van der Waals surface area contributed by atoms with E-state index in [2.05, 4.69) is 12.2 Å². The second-order valence-electron chi connectivity index (χ2n) is 4.18. The first kappa shape index (κ1) is 10.0. The molecule has 0 spiro atoms. The van der Waals surface area contributed by atoms with Crippen LogP contribution in [0, 0.1) is 5.92 Å². The lowest BCUT2D eigenvalue weighted by atomic mass is 9.81. The molecule has 2 heteroatoms. The normalized spacial score (nSPS) is 23.2. The largest absolute Gasteiger partial charge is 0.395 e. The number of aliphatic hydroxyl groups excluding tert-OH is 1. The predicted octanol–water partition coefficient (Wildman–Crippen LogP) is 1.54. The summed E-state index contributed by atoms with van der Waals surface area (Å²) < 4.78 is 0. The minimum Gasteiger partial charge on any atom is -0.395 e. The molecule has 2 N–H and O–H groups in total. The van der Waals surface area contributed by atoms with Crippen LogP contribution in [0.3, 0.4) is 0 Å². The lowest BCUT2D eigenvalue weighted by Crippen LogP contribution is -2.38. The van der Waals surface area contributed by atoms with Crippen molar-refractivity contribution < 1.29 is 5.11 Å². The van der Waals surface area contributed by atoms with Gasteiger partial charge in [-0.05, 0) is 26.2 Å². The molecule has 1 rings (SSSR count). The van der Waals surface area contributed by atoms with Crippen molar-refractivity contribution in [2.24, 2.45) is 5.92 Å². The second kappa shape index (κ2) is 4.83. The quantitative estimate of drug-likeness (QED) is 0.657. The highest BCUT2D eigenvalue weighted by Gasteiger charge is 2.20. The van der Waals surface area contributed by atoms with E-state index >= 15 is 0 Å². The second-order valence-corrected chi connectivity index (χ2v) is 4.18. The third-order valence-corrected chi connectivity index (χ3v) is 2.75. The molecule has 2 nitrogen and oxygen atoms in total. The maximum atomic E-state index is 8.83. The molecule has 1 aliphatic carbocycles. The molecule has 0 aromatic rings. The van der Waals surface area contributed by atoms with Crippen LogP contribution in [0.5, 0.6) is 0 Å². The zero-order valence-corrected chi connectivity index (χ0v) is 8.21. The fourth-order valence-electron chi connectivity index (χ4n) is 1.83. The zero-order chi connectivity index (χ0) is 8.97. The topological polar surface area (TPSA) is 32.3 Å². The van der Waals surface area contributed by atoms with Crippen LogP contribution >= 0.6 is 0 Å². The molecule has 72 valence electrons. The van der Waals surface area contributed by atoms with Crippen LogP contribution in [-0.2, 0) is 0 Å². The van der Waals surface area contributed by atoms with E-state index in [9.17, 15) is 0 Å². The molecule has 2 atom stereocenters. The summed E-state index contributed by atoms with van der Waals surface area (Å²) >= 11 is 0. The van der Waals surface area contributed by atoms with E-state index < -0.39 is 0 Å². The van der Waals surface area contributed by atoms with Gasteiger partial charge in [-0.15, -0.1) is 0 Å². The summed E-state index contributed by atoms with van der Waals surface area (Å²) in [6, 6.07) is 0.817. The van der Waals surface area contributed by atoms with Crippen LogP contribution in [0.2, 0.25) is 0 Å². The minimum absolute atomic E-state index is 0.245. The maximum absolute atomic E-state index is 8.83. The van der Waals surface area contributed by atoms with E-state index in [1.54, 1.807) is 0 Å². The van der Waals surface area contributed by atoms with E-state index in [0.29, 0.717) is 6.04 Å². The highest BCUT2D eigenvalue weighted by Crippen LogP contribution is 2.30. The van der Waals surface area contributed by atoms with Gasteiger partial charge in [0.2, 0.25) is 0 Å². The molecule has 0 aromatic heterocycles. The average molecular weight is 171 g/mol. The first-order valence-electron chi connectivity index (χ1n) is 5.09. The van der Waals surface area contributed by atoms with E-state index in [4.69, 9.17) is 5.11 Å². The third kappa shape index (κ3) is 3.11. The van der Waals surface area contributed by atoms with Gasteiger partial charge in [-0.2, -0.15) is 0 Å². The third-order valence-electron chi connectivity index (χ3n) is 2.75. The van der Waals surface area contributed by atoms with Gasteiger partial charge in [0.05, 0.1) is 6.61 Å². The van der Waals surface area contributed by atoms with Gasteiger partial charge in [-0.3, -0.25) is 0 Å². The predicted molar refractivity (Wildman–Crippen MR) is 51.1 cm³/mol. The fourth-order valence-corrected chi connectivity index (χ4v) is 1.83. The Morgan fingerprint density at radius 2 is 2.00 bits per heavy atom. The summed E-state index contributed by atoms with van der Waals surface area (Å²) in [5, 5.41) is 12.2. The summed E-state index contributed by atoms with van der Waals surface area (Å²) in [7, 11) is 0. The number of hydrogen-bond acceptors (Lipinski definition) is 2. The minimum atomic E-state index is 0.245. The number of rotatable bonds is 5. The summed E-state index contributed by atoms with van der Waals surface area (Å²) in [5.41, 5.74) is 0. The molecule has 0 aliphatic heterocycles. The molecular formula is C10H21NO. The molecule has 1 fully saturated rings. The van der Waals surface area contributed by atoms with Crippen LogP contribution in [0.1, 0.15) is 39.5 Å². The van der Waals surface area contributed by atoms with Crippen LogP contribution in [0.15, 0.2) is 0 Å². The SMILES string of the molecule is CC(CC1CCC1)N[C@@H](C)CO. The molecule has 0 bridgehead atoms. The van der Waals surface area contributed by atoms with E-state index in [1.165, 1.54) is 25.7 Å².